The summed E-state index contributed by atoms with van der Waals surface area (Å²) in [6, 6.07) is 0.512. The molecule has 0 saturated carbocycles. The van der Waals surface area contributed by atoms with Crippen molar-refractivity contribution in [2.75, 3.05) is 20.1 Å². The number of nitrogens with one attached hydrogen (secondary N) is 1. The second kappa shape index (κ2) is 5.83. The summed E-state index contributed by atoms with van der Waals surface area (Å²) in [6.07, 6.45) is 4.90. The number of hydrogen-bond acceptors (Lipinski definition) is 2. The van der Waals surface area contributed by atoms with Crippen LogP contribution in [0, 0.1) is 0 Å². The molecule has 0 aromatic rings. The van der Waals surface area contributed by atoms with Gasteiger partial charge in [0.15, 0.2) is 0 Å². The second-order valence-electron chi connectivity index (χ2n) is 5.50. The maximum absolute atomic E-state index is 4.14. The van der Waals surface area contributed by atoms with Crippen LogP contribution in [0.25, 0.3) is 0 Å². The average molecular weight is 224 g/mol. The molecule has 1 aliphatic rings. The van der Waals surface area contributed by atoms with Crippen LogP contribution in [-0.4, -0.2) is 36.6 Å². The Balaban J connectivity index is 2.64. The van der Waals surface area contributed by atoms with Gasteiger partial charge < -0.3 is 5.32 Å². The summed E-state index contributed by atoms with van der Waals surface area (Å²) in [4.78, 5) is 2.62. The standard InChI is InChI=1S/C14H28N2/c1-6-12(2)11-13(15-5)14(3,4)16-9-7-8-10-16/h13,15H,2,6-11H2,1,3-5H3. The van der Waals surface area contributed by atoms with Crippen molar-refractivity contribution in [2.45, 2.75) is 58.0 Å². The lowest BCUT2D eigenvalue weighted by Crippen LogP contribution is -2.56. The lowest BCUT2D eigenvalue weighted by molar-refractivity contribution is 0.110. The van der Waals surface area contributed by atoms with Gasteiger partial charge in [0.2, 0.25) is 0 Å². The molecule has 94 valence electrons. The Morgan fingerprint density at radius 1 is 1.38 bits per heavy atom. The van der Waals surface area contributed by atoms with Crippen molar-refractivity contribution in [1.82, 2.24) is 10.2 Å². The summed E-state index contributed by atoms with van der Waals surface area (Å²) in [6.45, 7) is 13.6. The summed E-state index contributed by atoms with van der Waals surface area (Å²) < 4.78 is 0. The Morgan fingerprint density at radius 2 is 1.94 bits per heavy atom. The van der Waals surface area contributed by atoms with Gasteiger partial charge in [-0.25, -0.2) is 0 Å². The Labute approximate surface area is 101 Å². The maximum Gasteiger partial charge on any atom is 0.0309 e. The molecule has 16 heavy (non-hydrogen) atoms. The highest BCUT2D eigenvalue weighted by Crippen LogP contribution is 2.27. The molecule has 0 aromatic heterocycles. The molecule has 1 aliphatic heterocycles. The highest BCUT2D eigenvalue weighted by Gasteiger charge is 2.35. The van der Waals surface area contributed by atoms with Crippen molar-refractivity contribution < 1.29 is 0 Å². The second-order valence-corrected chi connectivity index (χ2v) is 5.50. The third-order valence-corrected chi connectivity index (χ3v) is 4.12. The molecule has 1 saturated heterocycles. The van der Waals surface area contributed by atoms with Crippen molar-refractivity contribution in [3.8, 4) is 0 Å². The third kappa shape index (κ3) is 3.08. The first-order valence-electron chi connectivity index (χ1n) is 6.61. The number of likely N-dealkylation sites (N-methyl/N-ethyl adjacent to an activating group) is 1. The summed E-state index contributed by atoms with van der Waals surface area (Å²) in [7, 11) is 2.07. The van der Waals surface area contributed by atoms with Gasteiger partial charge in [-0.05, 0) is 59.7 Å². The normalized spacial score (nSPS) is 20.0. The van der Waals surface area contributed by atoms with E-state index in [4.69, 9.17) is 0 Å². The molecular weight excluding hydrogens is 196 g/mol. The van der Waals surface area contributed by atoms with Crippen LogP contribution in [0.3, 0.4) is 0 Å². The van der Waals surface area contributed by atoms with Gasteiger partial charge in [0.25, 0.3) is 0 Å². The van der Waals surface area contributed by atoms with Gasteiger partial charge in [-0.1, -0.05) is 19.1 Å². The number of hydrogen-bond donors (Lipinski definition) is 1. The van der Waals surface area contributed by atoms with Crippen molar-refractivity contribution in [2.24, 2.45) is 0 Å². The van der Waals surface area contributed by atoms with Gasteiger partial charge in [-0.15, -0.1) is 0 Å². The minimum atomic E-state index is 0.239. The SMILES string of the molecule is C=C(CC)CC(NC)C(C)(C)N1CCCC1. The highest BCUT2D eigenvalue weighted by atomic mass is 15.2. The Kier molecular flexibility index (Phi) is 5.00. The largest absolute Gasteiger partial charge is 0.315 e. The zero-order valence-corrected chi connectivity index (χ0v) is 11.5. The van der Waals surface area contributed by atoms with Crippen molar-refractivity contribution in [3.05, 3.63) is 12.2 Å². The van der Waals surface area contributed by atoms with E-state index in [1.165, 1.54) is 31.5 Å². The van der Waals surface area contributed by atoms with Crippen molar-refractivity contribution in [1.29, 1.82) is 0 Å². The van der Waals surface area contributed by atoms with E-state index in [0.717, 1.165) is 12.8 Å². The van der Waals surface area contributed by atoms with Crippen LogP contribution in [0.5, 0.6) is 0 Å². The van der Waals surface area contributed by atoms with E-state index in [0.29, 0.717) is 6.04 Å². The molecule has 0 spiro atoms. The Bertz CT molecular complexity index is 227. The van der Waals surface area contributed by atoms with Gasteiger partial charge in [-0.2, -0.15) is 0 Å². The molecule has 1 N–H and O–H groups in total. The molecule has 2 nitrogen and oxygen atoms in total. The van der Waals surface area contributed by atoms with Gasteiger partial charge in [0.05, 0.1) is 0 Å². The fraction of sp³-hybridized carbons (Fsp3) is 0.857. The molecule has 1 fully saturated rings. The maximum atomic E-state index is 4.14. The molecule has 1 atom stereocenters. The Hall–Kier alpha value is -0.340. The van der Waals surface area contributed by atoms with Crippen LogP contribution in [0.15, 0.2) is 12.2 Å². The zero-order chi connectivity index (χ0) is 12.2. The van der Waals surface area contributed by atoms with Gasteiger partial charge in [0.1, 0.15) is 0 Å². The molecule has 0 bridgehead atoms. The summed E-state index contributed by atoms with van der Waals surface area (Å²) in [5.41, 5.74) is 1.59. The molecule has 0 aliphatic carbocycles. The van der Waals surface area contributed by atoms with Gasteiger partial charge >= 0.3 is 0 Å². The Morgan fingerprint density at radius 3 is 2.38 bits per heavy atom. The predicted octanol–water partition coefficient (Wildman–Crippen LogP) is 2.81. The first-order chi connectivity index (χ1) is 7.52. The predicted molar refractivity (Wildman–Crippen MR) is 71.8 cm³/mol. The monoisotopic (exact) mass is 224 g/mol. The lowest BCUT2D eigenvalue weighted by Gasteiger charge is -2.42. The van der Waals surface area contributed by atoms with E-state index in [1.54, 1.807) is 0 Å². The van der Waals surface area contributed by atoms with Crippen LogP contribution in [0.2, 0.25) is 0 Å². The molecule has 0 aromatic carbocycles. The van der Waals surface area contributed by atoms with Crippen LogP contribution in [0.4, 0.5) is 0 Å². The fourth-order valence-electron chi connectivity index (χ4n) is 2.65. The average Bonchev–Trinajstić information content (AvgIpc) is 2.78. The van der Waals surface area contributed by atoms with E-state index >= 15 is 0 Å². The van der Waals surface area contributed by atoms with Crippen molar-refractivity contribution in [3.63, 3.8) is 0 Å². The topological polar surface area (TPSA) is 15.3 Å². The number of nitrogens with zero attached hydrogens (tertiary/aromatic N) is 1. The van der Waals surface area contributed by atoms with Gasteiger partial charge in [0, 0.05) is 11.6 Å². The fourth-order valence-corrected chi connectivity index (χ4v) is 2.65. The molecule has 0 amide bonds. The summed E-state index contributed by atoms with van der Waals surface area (Å²) >= 11 is 0. The van der Waals surface area contributed by atoms with Crippen molar-refractivity contribution >= 4 is 0 Å². The number of rotatable bonds is 6. The molecule has 1 rings (SSSR count). The van der Waals surface area contributed by atoms with Crippen LogP contribution >= 0.6 is 0 Å². The first kappa shape index (κ1) is 13.7. The summed E-state index contributed by atoms with van der Waals surface area (Å²) in [5, 5.41) is 3.48. The van der Waals surface area contributed by atoms with Crippen LogP contribution in [0.1, 0.15) is 46.5 Å². The van der Waals surface area contributed by atoms with E-state index in [9.17, 15) is 0 Å². The van der Waals surface area contributed by atoms with Crippen LogP contribution < -0.4 is 5.32 Å². The van der Waals surface area contributed by atoms with Crippen LogP contribution in [-0.2, 0) is 0 Å². The van der Waals surface area contributed by atoms with E-state index in [1.807, 2.05) is 0 Å². The molecular formula is C14H28N2. The minimum Gasteiger partial charge on any atom is -0.315 e. The molecule has 1 unspecified atom stereocenters. The minimum absolute atomic E-state index is 0.239. The molecule has 1 heterocycles. The quantitative estimate of drug-likeness (QED) is 0.698. The van der Waals surface area contributed by atoms with E-state index < -0.39 is 0 Å². The zero-order valence-electron chi connectivity index (χ0n) is 11.5. The number of likely N-dealkylation sites (tertiary alicyclic amines) is 1. The highest BCUT2D eigenvalue weighted by molar-refractivity contribution is 5.04. The summed E-state index contributed by atoms with van der Waals surface area (Å²) in [5.74, 6) is 0. The van der Waals surface area contributed by atoms with E-state index in [-0.39, 0.29) is 5.54 Å². The molecule has 2 heteroatoms. The third-order valence-electron chi connectivity index (χ3n) is 4.12. The lowest BCUT2D eigenvalue weighted by atomic mass is 9.87. The first-order valence-corrected chi connectivity index (χ1v) is 6.61. The van der Waals surface area contributed by atoms with E-state index in [2.05, 4.69) is 44.6 Å². The smallest absolute Gasteiger partial charge is 0.0309 e. The molecule has 0 radical (unpaired) electrons. The van der Waals surface area contributed by atoms with Gasteiger partial charge in [-0.3, -0.25) is 4.90 Å².